The molecule has 1 aliphatic rings. The summed E-state index contributed by atoms with van der Waals surface area (Å²) in [5, 5.41) is 3.44. The van der Waals surface area contributed by atoms with Gasteiger partial charge in [0.25, 0.3) is 0 Å². The van der Waals surface area contributed by atoms with Crippen LogP contribution in [0.3, 0.4) is 0 Å². The van der Waals surface area contributed by atoms with Gasteiger partial charge in [-0.05, 0) is 64.4 Å². The molecule has 2 heterocycles. The molecule has 0 aliphatic carbocycles. The summed E-state index contributed by atoms with van der Waals surface area (Å²) < 4.78 is 11.6. The molecule has 6 heteroatoms. The Morgan fingerprint density at radius 2 is 1.77 bits per heavy atom. The van der Waals surface area contributed by atoms with Crippen molar-refractivity contribution in [2.45, 2.75) is 65.7 Å². The van der Waals surface area contributed by atoms with Crippen LogP contribution in [0.15, 0.2) is 36.4 Å². The number of carbonyl (C=O) groups excluding carboxylic acids is 1. The second-order valence-electron chi connectivity index (χ2n) is 8.87. The maximum Gasteiger partial charge on any atom is 0.410 e. The van der Waals surface area contributed by atoms with Gasteiger partial charge in [-0.15, -0.1) is 0 Å². The van der Waals surface area contributed by atoms with Crippen LogP contribution in [0.5, 0.6) is 5.75 Å². The zero-order valence-electron chi connectivity index (χ0n) is 18.7. The van der Waals surface area contributed by atoms with Gasteiger partial charge < -0.3 is 19.7 Å². The van der Waals surface area contributed by atoms with Gasteiger partial charge in [-0.3, -0.25) is 4.98 Å². The minimum absolute atomic E-state index is 0.119. The van der Waals surface area contributed by atoms with Crippen LogP contribution in [0.2, 0.25) is 0 Å². The van der Waals surface area contributed by atoms with Crippen molar-refractivity contribution in [1.29, 1.82) is 0 Å². The Morgan fingerprint density at radius 1 is 1.10 bits per heavy atom. The van der Waals surface area contributed by atoms with Crippen LogP contribution in [-0.2, 0) is 11.3 Å². The molecule has 2 aromatic rings. The summed E-state index contributed by atoms with van der Waals surface area (Å²) >= 11 is 0. The molecular formula is C24H33N3O3. The molecule has 162 valence electrons. The van der Waals surface area contributed by atoms with E-state index in [-0.39, 0.29) is 12.2 Å². The van der Waals surface area contributed by atoms with Crippen molar-refractivity contribution in [3.8, 4) is 5.75 Å². The average molecular weight is 412 g/mol. The summed E-state index contributed by atoms with van der Waals surface area (Å²) in [6, 6.07) is 12.3. The normalized spacial score (nSPS) is 15.0. The molecule has 1 amide bonds. The number of nitrogens with one attached hydrogen (secondary N) is 1. The first-order valence-corrected chi connectivity index (χ1v) is 10.6. The lowest BCUT2D eigenvalue weighted by atomic mass is 10.1. The van der Waals surface area contributed by atoms with E-state index < -0.39 is 5.60 Å². The number of aryl methyl sites for hydroxylation is 2. The number of piperidine rings is 1. The summed E-state index contributed by atoms with van der Waals surface area (Å²) in [5.74, 6) is 0.864. The third-order valence-corrected chi connectivity index (χ3v) is 5.03. The zero-order chi connectivity index (χ0) is 21.7. The third kappa shape index (κ3) is 6.37. The largest absolute Gasteiger partial charge is 0.490 e. The highest BCUT2D eigenvalue weighted by atomic mass is 16.6. The van der Waals surface area contributed by atoms with Crippen LogP contribution in [-0.4, -0.2) is 40.8 Å². The number of carbonyl (C=O) groups is 1. The number of pyridine rings is 1. The Bertz CT molecular complexity index is 851. The molecule has 1 aromatic heterocycles. The molecular weight excluding hydrogens is 378 g/mol. The lowest BCUT2D eigenvalue weighted by Gasteiger charge is -2.33. The molecule has 0 unspecified atom stereocenters. The molecule has 0 radical (unpaired) electrons. The van der Waals surface area contributed by atoms with Gasteiger partial charge in [-0.1, -0.05) is 12.1 Å². The average Bonchev–Trinajstić information content (AvgIpc) is 2.68. The minimum Gasteiger partial charge on any atom is -0.490 e. The van der Waals surface area contributed by atoms with E-state index >= 15 is 0 Å². The van der Waals surface area contributed by atoms with E-state index in [9.17, 15) is 4.79 Å². The maximum atomic E-state index is 12.2. The Labute approximate surface area is 179 Å². The standard InChI is InChI=1S/C24H33N3O3/c1-17-6-11-22(18(2)26-17)25-16-19-7-9-20(10-8-19)29-21-12-14-27(15-13-21)23(28)30-24(3,4)5/h6-11,21,25H,12-16H2,1-5H3. The molecule has 1 aromatic carbocycles. The van der Waals surface area contributed by atoms with Crippen molar-refractivity contribution in [3.63, 3.8) is 0 Å². The van der Waals surface area contributed by atoms with Crippen molar-refractivity contribution in [1.82, 2.24) is 9.88 Å². The van der Waals surface area contributed by atoms with Gasteiger partial charge in [-0.2, -0.15) is 0 Å². The topological polar surface area (TPSA) is 63.7 Å². The maximum absolute atomic E-state index is 12.2. The number of rotatable bonds is 5. The van der Waals surface area contributed by atoms with E-state index in [0.717, 1.165) is 42.2 Å². The van der Waals surface area contributed by atoms with Gasteiger partial charge in [0.2, 0.25) is 0 Å². The number of hydrogen-bond donors (Lipinski definition) is 1. The van der Waals surface area contributed by atoms with Gasteiger partial charge in [0.1, 0.15) is 17.5 Å². The van der Waals surface area contributed by atoms with Crippen LogP contribution in [0, 0.1) is 13.8 Å². The van der Waals surface area contributed by atoms with Crippen molar-refractivity contribution < 1.29 is 14.3 Å². The molecule has 1 N–H and O–H groups in total. The second kappa shape index (κ2) is 9.37. The second-order valence-corrected chi connectivity index (χ2v) is 8.87. The number of anilines is 1. The fourth-order valence-corrected chi connectivity index (χ4v) is 3.43. The van der Waals surface area contributed by atoms with Crippen molar-refractivity contribution in [2.24, 2.45) is 0 Å². The Kier molecular flexibility index (Phi) is 6.85. The van der Waals surface area contributed by atoms with Gasteiger partial charge in [0.05, 0.1) is 11.4 Å². The Hall–Kier alpha value is -2.76. The van der Waals surface area contributed by atoms with Crippen molar-refractivity contribution >= 4 is 11.8 Å². The van der Waals surface area contributed by atoms with E-state index in [4.69, 9.17) is 9.47 Å². The van der Waals surface area contributed by atoms with Crippen LogP contribution in [0.25, 0.3) is 0 Å². The van der Waals surface area contributed by atoms with Crippen LogP contribution >= 0.6 is 0 Å². The number of amides is 1. The molecule has 30 heavy (non-hydrogen) atoms. The van der Waals surface area contributed by atoms with Crippen LogP contribution in [0.1, 0.15) is 50.6 Å². The number of likely N-dealkylation sites (tertiary alicyclic amines) is 1. The first kappa shape index (κ1) is 21.9. The first-order valence-electron chi connectivity index (χ1n) is 10.6. The van der Waals surface area contributed by atoms with Gasteiger partial charge in [0.15, 0.2) is 0 Å². The first-order chi connectivity index (χ1) is 14.2. The van der Waals surface area contributed by atoms with Crippen LogP contribution < -0.4 is 10.1 Å². The third-order valence-electron chi connectivity index (χ3n) is 5.03. The molecule has 0 spiro atoms. The number of aromatic nitrogens is 1. The molecule has 6 nitrogen and oxygen atoms in total. The fraction of sp³-hybridized carbons (Fsp3) is 0.500. The summed E-state index contributed by atoms with van der Waals surface area (Å²) in [6.07, 6.45) is 1.50. The summed E-state index contributed by atoms with van der Waals surface area (Å²) in [6.45, 7) is 11.7. The number of hydrogen-bond acceptors (Lipinski definition) is 5. The molecule has 0 bridgehead atoms. The summed E-state index contributed by atoms with van der Waals surface area (Å²) in [4.78, 5) is 18.4. The van der Waals surface area contributed by atoms with Gasteiger partial charge in [-0.25, -0.2) is 4.79 Å². The monoisotopic (exact) mass is 411 g/mol. The highest BCUT2D eigenvalue weighted by molar-refractivity contribution is 5.68. The molecule has 0 saturated carbocycles. The highest BCUT2D eigenvalue weighted by Gasteiger charge is 2.27. The zero-order valence-corrected chi connectivity index (χ0v) is 18.7. The highest BCUT2D eigenvalue weighted by Crippen LogP contribution is 2.22. The molecule has 1 aliphatic heterocycles. The van der Waals surface area contributed by atoms with E-state index in [1.807, 2.05) is 52.8 Å². The summed E-state index contributed by atoms with van der Waals surface area (Å²) in [7, 11) is 0. The fourth-order valence-electron chi connectivity index (χ4n) is 3.43. The predicted molar refractivity (Wildman–Crippen MR) is 119 cm³/mol. The van der Waals surface area contributed by atoms with Crippen molar-refractivity contribution in [2.75, 3.05) is 18.4 Å². The summed E-state index contributed by atoms with van der Waals surface area (Å²) in [5.41, 5.74) is 3.80. The Morgan fingerprint density at radius 3 is 2.37 bits per heavy atom. The predicted octanol–water partition coefficient (Wildman–Crippen LogP) is 5.09. The van der Waals surface area contributed by atoms with Crippen LogP contribution in [0.4, 0.5) is 10.5 Å². The quantitative estimate of drug-likeness (QED) is 0.742. The number of nitrogens with zero attached hydrogens (tertiary/aromatic N) is 2. The van der Waals surface area contributed by atoms with E-state index in [0.29, 0.717) is 13.1 Å². The SMILES string of the molecule is Cc1ccc(NCc2ccc(OC3CCN(C(=O)OC(C)(C)C)CC3)cc2)c(C)n1. The Balaban J connectivity index is 1.45. The molecule has 1 saturated heterocycles. The van der Waals surface area contributed by atoms with E-state index in [1.54, 1.807) is 4.90 Å². The van der Waals surface area contributed by atoms with Gasteiger partial charge >= 0.3 is 6.09 Å². The van der Waals surface area contributed by atoms with E-state index in [2.05, 4.69) is 28.5 Å². The van der Waals surface area contributed by atoms with Crippen molar-refractivity contribution in [3.05, 3.63) is 53.3 Å². The molecule has 0 atom stereocenters. The lowest BCUT2D eigenvalue weighted by Crippen LogP contribution is -2.44. The molecule has 3 rings (SSSR count). The number of ether oxygens (including phenoxy) is 2. The minimum atomic E-state index is -0.463. The van der Waals surface area contributed by atoms with E-state index in [1.165, 1.54) is 5.56 Å². The molecule has 1 fully saturated rings. The van der Waals surface area contributed by atoms with Gasteiger partial charge in [0, 0.05) is 38.2 Å². The lowest BCUT2D eigenvalue weighted by molar-refractivity contribution is 0.0126. The smallest absolute Gasteiger partial charge is 0.410 e. The number of benzene rings is 1.